The predicted octanol–water partition coefficient (Wildman–Crippen LogP) is 3.90. The first kappa shape index (κ1) is 17.2. The molecule has 0 saturated heterocycles. The van der Waals surface area contributed by atoms with Gasteiger partial charge in [-0.3, -0.25) is 0 Å². The Balaban J connectivity index is 1.80. The van der Waals surface area contributed by atoms with Gasteiger partial charge in [0, 0.05) is 34.7 Å². The molecule has 0 aliphatic rings. The highest BCUT2D eigenvalue weighted by atomic mass is 79.9. The summed E-state index contributed by atoms with van der Waals surface area (Å²) in [7, 11) is 4.16. The summed E-state index contributed by atoms with van der Waals surface area (Å²) in [6.07, 6.45) is 3.48. The van der Waals surface area contributed by atoms with Crippen LogP contribution >= 0.6 is 27.5 Å². The Bertz CT molecular complexity index is 815. The van der Waals surface area contributed by atoms with Crippen molar-refractivity contribution in [2.75, 3.05) is 32.5 Å². The lowest BCUT2D eigenvalue weighted by molar-refractivity contribution is 0.378. The zero-order valence-electron chi connectivity index (χ0n) is 13.6. The summed E-state index contributed by atoms with van der Waals surface area (Å²) in [4.78, 5) is 6.57. The summed E-state index contributed by atoms with van der Waals surface area (Å²) in [5.41, 5.74) is 2.20. The van der Waals surface area contributed by atoms with E-state index in [-0.39, 0.29) is 0 Å². The average molecular weight is 409 g/mol. The Morgan fingerprint density at radius 2 is 2.04 bits per heavy atom. The van der Waals surface area contributed by atoms with Crippen LogP contribution in [0.3, 0.4) is 0 Å². The van der Waals surface area contributed by atoms with Crippen LogP contribution in [0.1, 0.15) is 11.5 Å². The fourth-order valence-electron chi connectivity index (χ4n) is 2.72. The molecule has 126 valence electrons. The van der Waals surface area contributed by atoms with Crippen LogP contribution in [-0.4, -0.2) is 46.7 Å². The molecule has 1 unspecified atom stereocenters. The second kappa shape index (κ2) is 7.51. The van der Waals surface area contributed by atoms with Crippen LogP contribution < -0.4 is 5.32 Å². The Morgan fingerprint density at radius 1 is 1.29 bits per heavy atom. The molecule has 3 aromatic rings. The monoisotopic (exact) mass is 407 g/mol. The maximum absolute atomic E-state index is 6.01. The number of hydrogen-bond acceptors (Lipinski definition) is 4. The van der Waals surface area contributed by atoms with Crippen molar-refractivity contribution in [2.24, 2.45) is 0 Å². The third kappa shape index (κ3) is 4.06. The van der Waals surface area contributed by atoms with Crippen LogP contribution in [0.25, 0.3) is 5.52 Å². The summed E-state index contributed by atoms with van der Waals surface area (Å²) in [5.74, 6) is 1.15. The van der Waals surface area contributed by atoms with Crippen molar-refractivity contribution in [3.63, 3.8) is 0 Å². The van der Waals surface area contributed by atoms with E-state index < -0.39 is 0 Å². The number of benzene rings is 1. The first-order valence-electron chi connectivity index (χ1n) is 7.66. The number of rotatable bonds is 6. The van der Waals surface area contributed by atoms with Gasteiger partial charge >= 0.3 is 0 Å². The van der Waals surface area contributed by atoms with Gasteiger partial charge in [0.25, 0.3) is 0 Å². The van der Waals surface area contributed by atoms with Gasteiger partial charge in [-0.15, -0.1) is 0 Å². The Hall–Kier alpha value is -1.63. The van der Waals surface area contributed by atoms with Gasteiger partial charge in [-0.1, -0.05) is 23.7 Å². The van der Waals surface area contributed by atoms with Gasteiger partial charge < -0.3 is 10.2 Å². The van der Waals surface area contributed by atoms with Gasteiger partial charge in [0.15, 0.2) is 5.82 Å². The molecule has 0 aliphatic heterocycles. The van der Waals surface area contributed by atoms with E-state index in [4.69, 9.17) is 11.6 Å². The van der Waals surface area contributed by atoms with Gasteiger partial charge in [0.05, 0.1) is 0 Å². The smallest absolute Gasteiger partial charge is 0.153 e. The average Bonchev–Trinajstić information content (AvgIpc) is 2.92. The molecule has 1 N–H and O–H groups in total. The fourth-order valence-corrected chi connectivity index (χ4v) is 3.25. The van der Waals surface area contributed by atoms with E-state index in [9.17, 15) is 0 Å². The number of halogens is 2. The molecular formula is C17H19BrClN5. The fraction of sp³-hybridized carbons (Fsp3) is 0.294. The second-order valence-corrected chi connectivity index (χ2v) is 7.34. The largest absolute Gasteiger partial charge is 0.368 e. The van der Waals surface area contributed by atoms with Crippen molar-refractivity contribution in [2.45, 2.75) is 5.92 Å². The van der Waals surface area contributed by atoms with Gasteiger partial charge in [-0.2, -0.15) is 5.10 Å². The summed E-state index contributed by atoms with van der Waals surface area (Å²) in [6, 6.07) is 10.0. The molecule has 1 aromatic carbocycles. The van der Waals surface area contributed by atoms with E-state index in [1.54, 1.807) is 6.33 Å². The highest BCUT2D eigenvalue weighted by Gasteiger charge is 2.14. The molecule has 1 atom stereocenters. The van der Waals surface area contributed by atoms with Crippen molar-refractivity contribution in [1.82, 2.24) is 19.5 Å². The highest BCUT2D eigenvalue weighted by Crippen LogP contribution is 2.23. The van der Waals surface area contributed by atoms with E-state index in [2.05, 4.69) is 62.5 Å². The summed E-state index contributed by atoms with van der Waals surface area (Å²) in [5, 5.41) is 8.44. The molecule has 7 heteroatoms. The third-order valence-corrected chi connectivity index (χ3v) is 4.50. The second-order valence-electron chi connectivity index (χ2n) is 5.99. The van der Waals surface area contributed by atoms with Crippen LogP contribution in [0.2, 0.25) is 5.02 Å². The number of aromatic nitrogens is 3. The maximum Gasteiger partial charge on any atom is 0.153 e. The molecule has 0 saturated carbocycles. The number of nitrogens with zero attached hydrogens (tertiary/aromatic N) is 4. The molecule has 3 rings (SSSR count). The molecule has 0 bridgehead atoms. The lowest BCUT2D eigenvalue weighted by atomic mass is 9.98. The number of fused-ring (bicyclic) bond motifs is 1. The van der Waals surface area contributed by atoms with E-state index >= 15 is 0 Å². The Kier molecular flexibility index (Phi) is 5.38. The normalized spacial score (nSPS) is 12.7. The predicted molar refractivity (Wildman–Crippen MR) is 102 cm³/mol. The highest BCUT2D eigenvalue weighted by molar-refractivity contribution is 9.10. The quantitative estimate of drug-likeness (QED) is 0.672. The van der Waals surface area contributed by atoms with Gasteiger partial charge in [0.1, 0.15) is 11.8 Å². The summed E-state index contributed by atoms with van der Waals surface area (Å²) >= 11 is 9.49. The van der Waals surface area contributed by atoms with Crippen molar-refractivity contribution in [3.8, 4) is 0 Å². The van der Waals surface area contributed by atoms with E-state index in [1.807, 2.05) is 28.9 Å². The number of nitrogens with one attached hydrogen (secondary N) is 1. The molecule has 2 heterocycles. The molecule has 0 radical (unpaired) electrons. The third-order valence-electron chi connectivity index (χ3n) is 3.82. The van der Waals surface area contributed by atoms with Crippen molar-refractivity contribution in [1.29, 1.82) is 0 Å². The van der Waals surface area contributed by atoms with Crippen LogP contribution in [0.4, 0.5) is 5.82 Å². The molecule has 24 heavy (non-hydrogen) atoms. The molecule has 0 aliphatic carbocycles. The minimum Gasteiger partial charge on any atom is -0.368 e. The lowest BCUT2D eigenvalue weighted by Gasteiger charge is -2.22. The number of hydrogen-bond donors (Lipinski definition) is 1. The maximum atomic E-state index is 6.01. The van der Waals surface area contributed by atoms with Crippen LogP contribution in [0, 0.1) is 0 Å². The lowest BCUT2D eigenvalue weighted by Crippen LogP contribution is -2.26. The minimum absolute atomic E-state index is 0.325. The zero-order chi connectivity index (χ0) is 17.1. The zero-order valence-corrected chi connectivity index (χ0v) is 15.9. The summed E-state index contributed by atoms with van der Waals surface area (Å²) in [6.45, 7) is 1.70. The van der Waals surface area contributed by atoms with Crippen molar-refractivity contribution < 1.29 is 0 Å². The van der Waals surface area contributed by atoms with Gasteiger partial charge in [-0.25, -0.2) is 9.50 Å². The van der Waals surface area contributed by atoms with E-state index in [1.165, 1.54) is 5.56 Å². The number of likely N-dealkylation sites (N-methyl/N-ethyl adjacent to an activating group) is 1. The number of anilines is 1. The topological polar surface area (TPSA) is 45.5 Å². The molecular weight excluding hydrogens is 390 g/mol. The van der Waals surface area contributed by atoms with E-state index in [0.29, 0.717) is 5.92 Å². The molecule has 2 aromatic heterocycles. The molecule has 5 nitrogen and oxygen atoms in total. The van der Waals surface area contributed by atoms with Crippen molar-refractivity contribution in [3.05, 3.63) is 57.9 Å². The Morgan fingerprint density at radius 3 is 2.75 bits per heavy atom. The van der Waals surface area contributed by atoms with Crippen LogP contribution in [-0.2, 0) is 0 Å². The van der Waals surface area contributed by atoms with Crippen molar-refractivity contribution >= 4 is 38.9 Å². The van der Waals surface area contributed by atoms with E-state index in [0.717, 1.165) is 33.9 Å². The van der Waals surface area contributed by atoms with Gasteiger partial charge in [0.2, 0.25) is 0 Å². The van der Waals surface area contributed by atoms with Gasteiger partial charge in [-0.05, 0) is 53.8 Å². The molecule has 0 amide bonds. The first-order valence-corrected chi connectivity index (χ1v) is 8.83. The summed E-state index contributed by atoms with van der Waals surface area (Å²) < 4.78 is 2.79. The molecule has 0 spiro atoms. The van der Waals surface area contributed by atoms with Crippen LogP contribution in [0.15, 0.2) is 47.3 Å². The standard InChI is InChI=1S/C17H19BrClN5/c1-23(2)9-13(12-3-5-15(19)6-4-12)8-20-17-16-7-14(18)10-24(16)22-11-21-17/h3-7,10-11,13H,8-9H2,1-2H3,(H,20,21,22). The molecule has 0 fully saturated rings. The Labute approximate surface area is 154 Å². The minimum atomic E-state index is 0.325. The first-order chi connectivity index (χ1) is 11.5. The SMILES string of the molecule is CN(C)CC(CNc1ncnn2cc(Br)cc12)c1ccc(Cl)cc1. The van der Waals surface area contributed by atoms with Crippen LogP contribution in [0.5, 0.6) is 0 Å².